The molecule has 0 saturated heterocycles. The van der Waals surface area contributed by atoms with Gasteiger partial charge in [0.25, 0.3) is 0 Å². The summed E-state index contributed by atoms with van der Waals surface area (Å²) in [5.41, 5.74) is 5.35. The molecule has 1 atom stereocenters. The predicted octanol–water partition coefficient (Wildman–Crippen LogP) is 3.59. The minimum Gasteiger partial charge on any atom is -0.310 e. The second-order valence-electron chi connectivity index (χ2n) is 5.13. The Morgan fingerprint density at radius 1 is 1.16 bits per heavy atom. The molecule has 0 aliphatic rings. The smallest absolute Gasteiger partial charge is 0.0300 e. The van der Waals surface area contributed by atoms with E-state index in [1.54, 1.807) is 0 Å². The Morgan fingerprint density at radius 3 is 2.68 bits per heavy atom. The van der Waals surface area contributed by atoms with E-state index in [1.807, 2.05) is 18.5 Å². The van der Waals surface area contributed by atoms with Crippen molar-refractivity contribution in [1.82, 2.24) is 10.3 Å². The number of benzene rings is 1. The zero-order chi connectivity index (χ0) is 13.7. The lowest BCUT2D eigenvalue weighted by molar-refractivity contribution is 0.576. The molecule has 1 unspecified atom stereocenters. The second-order valence-corrected chi connectivity index (χ2v) is 5.13. The van der Waals surface area contributed by atoms with E-state index in [2.05, 4.69) is 55.3 Å². The molecule has 0 spiro atoms. The normalized spacial score (nSPS) is 12.4. The summed E-state index contributed by atoms with van der Waals surface area (Å²) in [6.45, 7) is 7.51. The van der Waals surface area contributed by atoms with E-state index < -0.39 is 0 Å². The van der Waals surface area contributed by atoms with Gasteiger partial charge in [-0.15, -0.1) is 0 Å². The summed E-state index contributed by atoms with van der Waals surface area (Å²) >= 11 is 0. The van der Waals surface area contributed by atoms with E-state index in [4.69, 9.17) is 0 Å². The number of aromatic nitrogens is 1. The van der Waals surface area contributed by atoms with Crippen LogP contribution in [0.15, 0.2) is 42.7 Å². The molecule has 0 radical (unpaired) electrons. The summed E-state index contributed by atoms with van der Waals surface area (Å²) in [4.78, 5) is 4.13. The molecular weight excluding hydrogens is 232 g/mol. The summed E-state index contributed by atoms with van der Waals surface area (Å²) in [6.07, 6.45) is 4.76. The number of hydrogen-bond donors (Lipinski definition) is 1. The minimum atomic E-state index is 0.385. The van der Waals surface area contributed by atoms with Gasteiger partial charge in [0.15, 0.2) is 0 Å². The molecule has 2 rings (SSSR count). The highest BCUT2D eigenvalue weighted by molar-refractivity contribution is 5.31. The number of aryl methyl sites for hydroxylation is 2. The zero-order valence-electron chi connectivity index (χ0n) is 12.0. The van der Waals surface area contributed by atoms with Gasteiger partial charge in [0.05, 0.1) is 0 Å². The highest BCUT2D eigenvalue weighted by atomic mass is 14.9. The van der Waals surface area contributed by atoms with E-state index in [9.17, 15) is 0 Å². The van der Waals surface area contributed by atoms with Gasteiger partial charge >= 0.3 is 0 Å². The average Bonchev–Trinajstić information content (AvgIpc) is 2.43. The van der Waals surface area contributed by atoms with Gasteiger partial charge in [0, 0.05) is 18.4 Å². The predicted molar refractivity (Wildman–Crippen MR) is 80.3 cm³/mol. The molecule has 0 fully saturated rings. The fourth-order valence-electron chi connectivity index (χ4n) is 2.13. The summed E-state index contributed by atoms with van der Waals surface area (Å²) in [5, 5.41) is 3.57. The van der Waals surface area contributed by atoms with Gasteiger partial charge in [-0.25, -0.2) is 0 Å². The van der Waals surface area contributed by atoms with Crippen LogP contribution in [-0.2, 0) is 6.42 Å². The van der Waals surface area contributed by atoms with Crippen LogP contribution in [0.5, 0.6) is 0 Å². The van der Waals surface area contributed by atoms with Crippen LogP contribution < -0.4 is 5.32 Å². The maximum absolute atomic E-state index is 4.13. The molecule has 19 heavy (non-hydrogen) atoms. The lowest BCUT2D eigenvalue weighted by atomic mass is 10.0. The standard InChI is InChI=1S/C17H22N2/c1-13-6-7-17(11-14(13)2)15(3)19-10-8-16-5-4-9-18-12-16/h4-7,9,11-12,15,19H,8,10H2,1-3H3. The highest BCUT2D eigenvalue weighted by Crippen LogP contribution is 2.16. The van der Waals surface area contributed by atoms with E-state index in [0.29, 0.717) is 6.04 Å². The fourth-order valence-corrected chi connectivity index (χ4v) is 2.13. The van der Waals surface area contributed by atoms with Crippen molar-refractivity contribution in [2.24, 2.45) is 0 Å². The van der Waals surface area contributed by atoms with Crippen molar-refractivity contribution in [2.45, 2.75) is 33.2 Å². The molecule has 1 N–H and O–H groups in total. The van der Waals surface area contributed by atoms with E-state index >= 15 is 0 Å². The summed E-state index contributed by atoms with van der Waals surface area (Å²) in [6, 6.07) is 11.2. The SMILES string of the molecule is Cc1ccc(C(C)NCCc2cccnc2)cc1C. The van der Waals surface area contributed by atoms with Crippen LogP contribution in [0.1, 0.15) is 35.2 Å². The maximum Gasteiger partial charge on any atom is 0.0300 e. The molecule has 0 aliphatic carbocycles. The van der Waals surface area contributed by atoms with Crippen molar-refractivity contribution < 1.29 is 0 Å². The Kier molecular flexibility index (Phi) is 4.69. The van der Waals surface area contributed by atoms with Gasteiger partial charge in [0.2, 0.25) is 0 Å². The lowest BCUT2D eigenvalue weighted by Crippen LogP contribution is -2.21. The van der Waals surface area contributed by atoms with Crippen LogP contribution >= 0.6 is 0 Å². The van der Waals surface area contributed by atoms with Gasteiger partial charge in [-0.1, -0.05) is 24.3 Å². The van der Waals surface area contributed by atoms with Gasteiger partial charge in [-0.3, -0.25) is 4.98 Å². The fraction of sp³-hybridized carbons (Fsp3) is 0.353. The summed E-state index contributed by atoms with van der Waals surface area (Å²) in [7, 11) is 0. The van der Waals surface area contributed by atoms with Gasteiger partial charge < -0.3 is 5.32 Å². The van der Waals surface area contributed by atoms with Crippen LogP contribution in [0.4, 0.5) is 0 Å². The van der Waals surface area contributed by atoms with Crippen molar-refractivity contribution in [3.05, 3.63) is 65.0 Å². The van der Waals surface area contributed by atoms with Crippen LogP contribution in [0.2, 0.25) is 0 Å². The molecule has 0 saturated carbocycles. The minimum absolute atomic E-state index is 0.385. The number of pyridine rings is 1. The first kappa shape index (κ1) is 13.8. The topological polar surface area (TPSA) is 24.9 Å². The average molecular weight is 254 g/mol. The first-order valence-corrected chi connectivity index (χ1v) is 6.86. The number of nitrogens with zero attached hydrogens (tertiary/aromatic N) is 1. The van der Waals surface area contributed by atoms with Crippen molar-refractivity contribution in [3.63, 3.8) is 0 Å². The third-order valence-corrected chi connectivity index (χ3v) is 3.62. The van der Waals surface area contributed by atoms with Crippen molar-refractivity contribution >= 4 is 0 Å². The van der Waals surface area contributed by atoms with Crippen LogP contribution in [0.3, 0.4) is 0 Å². The first-order chi connectivity index (χ1) is 9.16. The monoisotopic (exact) mass is 254 g/mol. The van der Waals surface area contributed by atoms with Crippen molar-refractivity contribution in [3.8, 4) is 0 Å². The van der Waals surface area contributed by atoms with Gasteiger partial charge in [-0.05, 0) is 62.1 Å². The molecule has 2 aromatic rings. The molecule has 1 heterocycles. The van der Waals surface area contributed by atoms with E-state index in [0.717, 1.165) is 13.0 Å². The number of nitrogens with one attached hydrogen (secondary N) is 1. The van der Waals surface area contributed by atoms with Crippen LogP contribution in [0.25, 0.3) is 0 Å². The van der Waals surface area contributed by atoms with E-state index in [1.165, 1.54) is 22.3 Å². The molecule has 1 aromatic heterocycles. The molecule has 1 aromatic carbocycles. The Bertz CT molecular complexity index is 520. The molecule has 0 bridgehead atoms. The number of rotatable bonds is 5. The third-order valence-electron chi connectivity index (χ3n) is 3.62. The maximum atomic E-state index is 4.13. The molecule has 2 heteroatoms. The quantitative estimate of drug-likeness (QED) is 0.882. The number of hydrogen-bond acceptors (Lipinski definition) is 2. The van der Waals surface area contributed by atoms with E-state index in [-0.39, 0.29) is 0 Å². The second kappa shape index (κ2) is 6.48. The Balaban J connectivity index is 1.87. The highest BCUT2D eigenvalue weighted by Gasteiger charge is 2.05. The molecule has 2 nitrogen and oxygen atoms in total. The largest absolute Gasteiger partial charge is 0.310 e. The van der Waals surface area contributed by atoms with Crippen molar-refractivity contribution in [1.29, 1.82) is 0 Å². The lowest BCUT2D eigenvalue weighted by Gasteiger charge is -2.15. The van der Waals surface area contributed by atoms with Gasteiger partial charge in [0.1, 0.15) is 0 Å². The molecular formula is C17H22N2. The molecule has 0 aliphatic heterocycles. The first-order valence-electron chi connectivity index (χ1n) is 6.86. The third kappa shape index (κ3) is 3.90. The summed E-state index contributed by atoms with van der Waals surface area (Å²) < 4.78 is 0. The van der Waals surface area contributed by atoms with Crippen LogP contribution in [0, 0.1) is 13.8 Å². The summed E-state index contributed by atoms with van der Waals surface area (Å²) in [5.74, 6) is 0. The Labute approximate surface area is 115 Å². The Hall–Kier alpha value is -1.67. The molecule has 100 valence electrons. The zero-order valence-corrected chi connectivity index (χ0v) is 12.0. The van der Waals surface area contributed by atoms with Crippen LogP contribution in [-0.4, -0.2) is 11.5 Å². The van der Waals surface area contributed by atoms with Crippen molar-refractivity contribution in [2.75, 3.05) is 6.54 Å². The van der Waals surface area contributed by atoms with Gasteiger partial charge in [-0.2, -0.15) is 0 Å². The Morgan fingerprint density at radius 2 is 2.00 bits per heavy atom. The molecule has 0 amide bonds.